The van der Waals surface area contributed by atoms with Gasteiger partial charge in [0, 0.05) is 16.4 Å². The molecule has 5 nitrogen and oxygen atoms in total. The van der Waals surface area contributed by atoms with Crippen molar-refractivity contribution in [3.05, 3.63) is 40.9 Å². The summed E-state index contributed by atoms with van der Waals surface area (Å²) in [4.78, 5) is 12.1. The number of hydrogen-bond donors (Lipinski definition) is 0. The van der Waals surface area contributed by atoms with Crippen LogP contribution in [0.4, 0.5) is 0 Å². The Kier molecular flexibility index (Phi) is 4.44. The number of methoxy groups -OCH3 is 1. The number of carbonyl (C=O) groups excluding carboxylic acids is 1. The van der Waals surface area contributed by atoms with Gasteiger partial charge in [0.2, 0.25) is 10.0 Å². The summed E-state index contributed by atoms with van der Waals surface area (Å²) in [5.74, 6) is -0.507. The van der Waals surface area contributed by atoms with Gasteiger partial charge in [-0.2, -0.15) is 4.31 Å². The maximum atomic E-state index is 13.1. The van der Waals surface area contributed by atoms with E-state index in [4.69, 9.17) is 4.74 Å². The van der Waals surface area contributed by atoms with E-state index in [1.807, 2.05) is 12.1 Å². The lowest BCUT2D eigenvalue weighted by molar-refractivity contribution is -0.144. The van der Waals surface area contributed by atoms with E-state index in [0.29, 0.717) is 24.8 Å². The number of sulfonamides is 1. The topological polar surface area (TPSA) is 63.7 Å². The Labute approximate surface area is 143 Å². The quantitative estimate of drug-likeness (QED) is 0.746. The lowest BCUT2D eigenvalue weighted by Crippen LogP contribution is -2.41. The molecule has 0 N–H and O–H groups in total. The molecule has 3 rings (SSSR count). The molecule has 0 radical (unpaired) electrons. The number of rotatable bonds is 3. The predicted molar refractivity (Wildman–Crippen MR) is 90.6 cm³/mol. The monoisotopic (exact) mass is 397 g/mol. The van der Waals surface area contributed by atoms with Crippen molar-refractivity contribution in [3.8, 4) is 0 Å². The molecule has 2 aromatic rings. The van der Waals surface area contributed by atoms with Gasteiger partial charge in [0.15, 0.2) is 0 Å². The number of nitrogens with zero attached hydrogens (tertiary/aromatic N) is 1. The molecule has 0 aliphatic carbocycles. The van der Waals surface area contributed by atoms with Gasteiger partial charge in [0.1, 0.15) is 6.04 Å². The fraction of sp³-hybridized carbons (Fsp3) is 0.312. The number of esters is 1. The van der Waals surface area contributed by atoms with Crippen LogP contribution in [-0.4, -0.2) is 38.4 Å². The number of hydrogen-bond acceptors (Lipinski definition) is 4. The van der Waals surface area contributed by atoms with Gasteiger partial charge in [-0.3, -0.25) is 4.79 Å². The zero-order valence-electron chi connectivity index (χ0n) is 12.5. The molecule has 7 heteroatoms. The second kappa shape index (κ2) is 6.22. The molecule has 1 fully saturated rings. The van der Waals surface area contributed by atoms with Gasteiger partial charge in [-0.25, -0.2) is 8.42 Å². The molecule has 0 aromatic heterocycles. The van der Waals surface area contributed by atoms with Gasteiger partial charge in [0.05, 0.1) is 12.0 Å². The largest absolute Gasteiger partial charge is 0.468 e. The first-order valence-electron chi connectivity index (χ1n) is 7.23. The maximum Gasteiger partial charge on any atom is 0.324 e. The van der Waals surface area contributed by atoms with E-state index in [9.17, 15) is 13.2 Å². The van der Waals surface area contributed by atoms with E-state index in [1.165, 1.54) is 11.4 Å². The van der Waals surface area contributed by atoms with Gasteiger partial charge in [0.25, 0.3) is 0 Å². The summed E-state index contributed by atoms with van der Waals surface area (Å²) >= 11 is 3.45. The number of carbonyl (C=O) groups is 1. The van der Waals surface area contributed by atoms with Crippen LogP contribution in [0, 0.1) is 0 Å². The summed E-state index contributed by atoms with van der Waals surface area (Å²) in [7, 11) is -2.50. The summed E-state index contributed by atoms with van der Waals surface area (Å²) in [6, 6.07) is 9.85. The van der Waals surface area contributed by atoms with Crippen molar-refractivity contribution in [2.24, 2.45) is 0 Å². The first kappa shape index (κ1) is 16.4. The van der Waals surface area contributed by atoms with E-state index >= 15 is 0 Å². The van der Waals surface area contributed by atoms with Crippen LogP contribution in [0.3, 0.4) is 0 Å². The Morgan fingerprint density at radius 1 is 1.22 bits per heavy atom. The highest BCUT2D eigenvalue weighted by atomic mass is 79.9. The SMILES string of the molecule is COC(=O)C1CCCN1S(=O)(=O)c1ccc(Br)c2ccccc12. The summed E-state index contributed by atoms with van der Waals surface area (Å²) in [6.07, 6.45) is 1.13. The lowest BCUT2D eigenvalue weighted by atomic mass is 10.1. The molecule has 1 unspecified atom stereocenters. The first-order valence-corrected chi connectivity index (χ1v) is 9.47. The molecule has 1 saturated heterocycles. The van der Waals surface area contributed by atoms with E-state index in [-0.39, 0.29) is 4.90 Å². The van der Waals surface area contributed by atoms with Crippen molar-refractivity contribution in [3.63, 3.8) is 0 Å². The molecule has 0 amide bonds. The van der Waals surface area contributed by atoms with Crippen LogP contribution in [0.2, 0.25) is 0 Å². The summed E-state index contributed by atoms with van der Waals surface area (Å²) < 4.78 is 33.0. The average Bonchev–Trinajstić information content (AvgIpc) is 3.05. The Hall–Kier alpha value is -1.44. The first-order chi connectivity index (χ1) is 11.0. The number of benzene rings is 2. The smallest absolute Gasteiger partial charge is 0.324 e. The summed E-state index contributed by atoms with van der Waals surface area (Å²) in [5.41, 5.74) is 0. The van der Waals surface area contributed by atoms with Crippen LogP contribution in [0.25, 0.3) is 10.8 Å². The molecule has 1 aliphatic heterocycles. The number of halogens is 1. The minimum absolute atomic E-state index is 0.215. The second-order valence-electron chi connectivity index (χ2n) is 5.39. The molecule has 0 bridgehead atoms. The molecule has 2 aromatic carbocycles. The second-order valence-corrected chi connectivity index (χ2v) is 8.10. The van der Waals surface area contributed by atoms with Gasteiger partial charge in [-0.15, -0.1) is 0 Å². The van der Waals surface area contributed by atoms with Crippen molar-refractivity contribution in [1.82, 2.24) is 4.31 Å². The zero-order valence-corrected chi connectivity index (χ0v) is 14.9. The van der Waals surface area contributed by atoms with Crippen molar-refractivity contribution in [1.29, 1.82) is 0 Å². The van der Waals surface area contributed by atoms with Crippen LogP contribution < -0.4 is 0 Å². The Morgan fingerprint density at radius 3 is 2.61 bits per heavy atom. The lowest BCUT2D eigenvalue weighted by Gasteiger charge is -2.23. The zero-order chi connectivity index (χ0) is 16.6. The van der Waals surface area contributed by atoms with E-state index in [2.05, 4.69) is 15.9 Å². The summed E-state index contributed by atoms with van der Waals surface area (Å²) in [5, 5.41) is 1.46. The van der Waals surface area contributed by atoms with Crippen LogP contribution in [0.1, 0.15) is 12.8 Å². The third-order valence-corrected chi connectivity index (χ3v) is 6.75. The molecular weight excluding hydrogens is 382 g/mol. The predicted octanol–water partition coefficient (Wildman–Crippen LogP) is 2.93. The van der Waals surface area contributed by atoms with E-state index in [0.717, 1.165) is 9.86 Å². The van der Waals surface area contributed by atoms with Crippen molar-refractivity contribution >= 4 is 42.7 Å². The molecule has 23 heavy (non-hydrogen) atoms. The van der Waals surface area contributed by atoms with Crippen molar-refractivity contribution in [2.75, 3.05) is 13.7 Å². The fourth-order valence-electron chi connectivity index (χ4n) is 2.99. The van der Waals surface area contributed by atoms with E-state index < -0.39 is 22.0 Å². The highest BCUT2D eigenvalue weighted by Gasteiger charge is 2.40. The molecular formula is C16H16BrNO4S. The third kappa shape index (κ3) is 2.77. The molecule has 1 atom stereocenters. The Balaban J connectivity index is 2.14. The molecule has 0 spiro atoms. The normalized spacial score (nSPS) is 19.1. The third-order valence-electron chi connectivity index (χ3n) is 4.09. The standard InChI is InChI=1S/C16H16BrNO4S/c1-22-16(19)14-7-4-10-18(14)23(20,21)15-9-8-13(17)11-5-2-3-6-12(11)15/h2-3,5-6,8-9,14H,4,7,10H2,1H3. The Bertz CT molecular complexity index is 866. The molecule has 1 heterocycles. The van der Waals surface area contributed by atoms with Crippen LogP contribution in [0.5, 0.6) is 0 Å². The van der Waals surface area contributed by atoms with Crippen LogP contribution >= 0.6 is 15.9 Å². The minimum Gasteiger partial charge on any atom is -0.468 e. The molecule has 0 saturated carbocycles. The van der Waals surface area contributed by atoms with Gasteiger partial charge in [-0.05, 0) is 30.4 Å². The summed E-state index contributed by atoms with van der Waals surface area (Å²) in [6.45, 7) is 0.326. The van der Waals surface area contributed by atoms with Crippen LogP contribution in [0.15, 0.2) is 45.8 Å². The van der Waals surface area contributed by atoms with Crippen molar-refractivity contribution in [2.45, 2.75) is 23.8 Å². The highest BCUT2D eigenvalue weighted by Crippen LogP contribution is 2.33. The maximum absolute atomic E-state index is 13.1. The highest BCUT2D eigenvalue weighted by molar-refractivity contribution is 9.10. The minimum atomic E-state index is -3.77. The Morgan fingerprint density at radius 2 is 1.91 bits per heavy atom. The van der Waals surface area contributed by atoms with Gasteiger partial charge < -0.3 is 4.74 Å². The van der Waals surface area contributed by atoms with Gasteiger partial charge >= 0.3 is 5.97 Å². The van der Waals surface area contributed by atoms with Gasteiger partial charge in [-0.1, -0.05) is 40.2 Å². The van der Waals surface area contributed by atoms with E-state index in [1.54, 1.807) is 24.3 Å². The molecule has 1 aliphatic rings. The number of ether oxygens (including phenoxy) is 1. The van der Waals surface area contributed by atoms with Crippen molar-refractivity contribution < 1.29 is 17.9 Å². The fourth-order valence-corrected chi connectivity index (χ4v) is 5.31. The number of fused-ring (bicyclic) bond motifs is 1. The average molecular weight is 398 g/mol. The molecule has 122 valence electrons. The van der Waals surface area contributed by atoms with Crippen LogP contribution in [-0.2, 0) is 19.6 Å².